The van der Waals surface area contributed by atoms with E-state index in [-0.39, 0.29) is 11.9 Å². The molecule has 1 rings (SSSR count). The van der Waals surface area contributed by atoms with Gasteiger partial charge in [-0.2, -0.15) is 0 Å². The van der Waals surface area contributed by atoms with Crippen LogP contribution in [-0.2, 0) is 4.79 Å². The summed E-state index contributed by atoms with van der Waals surface area (Å²) >= 11 is 0. The number of rotatable bonds is 6. The quantitative estimate of drug-likeness (QED) is 0.806. The number of hydrogen-bond donors (Lipinski definition) is 2. The minimum Gasteiger partial charge on any atom is -0.329 e. The van der Waals surface area contributed by atoms with Gasteiger partial charge < -0.3 is 11.1 Å². The zero-order valence-corrected chi connectivity index (χ0v) is 11.4. The van der Waals surface area contributed by atoms with Gasteiger partial charge in [0.2, 0.25) is 5.91 Å². The van der Waals surface area contributed by atoms with Crippen molar-refractivity contribution >= 4 is 11.6 Å². The lowest BCUT2D eigenvalue weighted by molar-refractivity contribution is -0.121. The van der Waals surface area contributed by atoms with Crippen molar-refractivity contribution < 1.29 is 4.79 Å². The summed E-state index contributed by atoms with van der Waals surface area (Å²) in [5.74, 6) is 0.00310. The molecule has 0 aliphatic rings. The number of amides is 1. The van der Waals surface area contributed by atoms with E-state index in [9.17, 15) is 4.79 Å². The summed E-state index contributed by atoms with van der Waals surface area (Å²) in [4.78, 5) is 14.2. The van der Waals surface area contributed by atoms with Gasteiger partial charge in [0.1, 0.15) is 0 Å². The van der Waals surface area contributed by atoms with Crippen molar-refractivity contribution in [2.75, 3.05) is 18.4 Å². The zero-order valence-electron chi connectivity index (χ0n) is 11.4. The van der Waals surface area contributed by atoms with Crippen LogP contribution >= 0.6 is 0 Å². The first-order valence-corrected chi connectivity index (χ1v) is 6.38. The minimum atomic E-state index is -0.186. The molecule has 3 N–H and O–H groups in total. The molecule has 0 aliphatic heterocycles. The van der Waals surface area contributed by atoms with Crippen LogP contribution in [0.4, 0.5) is 5.69 Å². The summed E-state index contributed by atoms with van der Waals surface area (Å²) < 4.78 is 0. The average Bonchev–Trinajstić information content (AvgIpc) is 2.36. The molecular formula is C14H23N3O. The second-order valence-corrected chi connectivity index (χ2v) is 4.65. The van der Waals surface area contributed by atoms with Crippen LogP contribution in [0.1, 0.15) is 20.8 Å². The summed E-state index contributed by atoms with van der Waals surface area (Å²) in [6.07, 6.45) is 0. The Morgan fingerprint density at radius 2 is 1.89 bits per heavy atom. The van der Waals surface area contributed by atoms with Crippen molar-refractivity contribution in [3.05, 3.63) is 30.3 Å². The summed E-state index contributed by atoms with van der Waals surface area (Å²) in [6.45, 7) is 7.33. The molecule has 0 radical (unpaired) electrons. The maximum Gasteiger partial charge on any atom is 0.241 e. The number of carbonyl (C=O) groups is 1. The number of carbonyl (C=O) groups excluding carboxylic acids is 1. The Morgan fingerprint density at radius 3 is 2.39 bits per heavy atom. The summed E-state index contributed by atoms with van der Waals surface area (Å²) in [5, 5.41) is 2.91. The van der Waals surface area contributed by atoms with Gasteiger partial charge in [0.25, 0.3) is 0 Å². The molecule has 0 fully saturated rings. The van der Waals surface area contributed by atoms with Crippen LogP contribution in [0.15, 0.2) is 30.3 Å². The maximum atomic E-state index is 12.1. The normalized spacial score (nSPS) is 12.8. The monoisotopic (exact) mass is 249 g/mol. The first kappa shape index (κ1) is 14.7. The number of nitrogens with zero attached hydrogens (tertiary/aromatic N) is 1. The number of para-hydroxylation sites is 1. The Bertz CT molecular complexity index is 365. The minimum absolute atomic E-state index is 0.00310. The fraction of sp³-hybridized carbons (Fsp3) is 0.500. The second kappa shape index (κ2) is 7.13. The van der Waals surface area contributed by atoms with Gasteiger partial charge in [0.15, 0.2) is 0 Å². The molecule has 0 bridgehead atoms. The number of nitrogens with one attached hydrogen (secondary N) is 1. The molecule has 4 heteroatoms. The smallest absolute Gasteiger partial charge is 0.241 e. The van der Waals surface area contributed by atoms with Crippen LogP contribution in [0, 0.1) is 0 Å². The van der Waals surface area contributed by atoms with E-state index in [0.717, 1.165) is 12.2 Å². The topological polar surface area (TPSA) is 58.4 Å². The third kappa shape index (κ3) is 4.13. The third-order valence-corrected chi connectivity index (χ3v) is 2.97. The van der Waals surface area contributed by atoms with Crippen LogP contribution in [0.3, 0.4) is 0 Å². The standard InChI is InChI=1S/C14H23N3O/c1-11(2)17(10-9-15)12(3)14(18)16-13-7-5-4-6-8-13/h4-8,11-12H,9-10,15H2,1-3H3,(H,16,18). The first-order valence-electron chi connectivity index (χ1n) is 6.38. The zero-order chi connectivity index (χ0) is 13.5. The highest BCUT2D eigenvalue weighted by Crippen LogP contribution is 2.10. The van der Waals surface area contributed by atoms with Crippen LogP contribution in [0.2, 0.25) is 0 Å². The predicted molar refractivity (Wildman–Crippen MR) is 75.4 cm³/mol. The van der Waals surface area contributed by atoms with Gasteiger partial charge in [-0.1, -0.05) is 18.2 Å². The molecule has 0 saturated heterocycles. The van der Waals surface area contributed by atoms with Crippen molar-refractivity contribution in [1.82, 2.24) is 4.90 Å². The highest BCUT2D eigenvalue weighted by Gasteiger charge is 2.22. The van der Waals surface area contributed by atoms with Gasteiger partial charge in [-0.05, 0) is 32.9 Å². The van der Waals surface area contributed by atoms with Crippen LogP contribution in [0.25, 0.3) is 0 Å². The average molecular weight is 249 g/mol. The molecule has 0 heterocycles. The highest BCUT2D eigenvalue weighted by atomic mass is 16.2. The maximum absolute atomic E-state index is 12.1. The Kier molecular flexibility index (Phi) is 5.82. The predicted octanol–water partition coefficient (Wildman–Crippen LogP) is 1.68. The van der Waals surface area contributed by atoms with Crippen molar-refractivity contribution in [1.29, 1.82) is 0 Å². The highest BCUT2D eigenvalue weighted by molar-refractivity contribution is 5.94. The Balaban J connectivity index is 2.65. The van der Waals surface area contributed by atoms with Crippen molar-refractivity contribution in [3.63, 3.8) is 0 Å². The molecule has 1 unspecified atom stereocenters. The van der Waals surface area contributed by atoms with Gasteiger partial charge in [-0.3, -0.25) is 9.69 Å². The van der Waals surface area contributed by atoms with E-state index in [1.807, 2.05) is 37.3 Å². The van der Waals surface area contributed by atoms with Crippen LogP contribution in [-0.4, -0.2) is 36.0 Å². The largest absolute Gasteiger partial charge is 0.329 e. The van der Waals surface area contributed by atoms with Crippen molar-refractivity contribution in [2.24, 2.45) is 5.73 Å². The van der Waals surface area contributed by atoms with Crippen LogP contribution < -0.4 is 11.1 Å². The Morgan fingerprint density at radius 1 is 1.28 bits per heavy atom. The van der Waals surface area contributed by atoms with Gasteiger partial charge in [0.05, 0.1) is 6.04 Å². The Labute approximate surface area is 109 Å². The van der Waals surface area contributed by atoms with E-state index >= 15 is 0 Å². The van der Waals surface area contributed by atoms with E-state index in [1.165, 1.54) is 0 Å². The number of nitrogens with two attached hydrogens (primary N) is 1. The third-order valence-electron chi connectivity index (χ3n) is 2.97. The lowest BCUT2D eigenvalue weighted by Crippen LogP contribution is -2.47. The van der Waals surface area contributed by atoms with Gasteiger partial charge in [0, 0.05) is 24.8 Å². The summed E-state index contributed by atoms with van der Waals surface area (Å²) in [7, 11) is 0. The SMILES string of the molecule is CC(C)N(CCN)C(C)C(=O)Nc1ccccc1. The van der Waals surface area contributed by atoms with E-state index in [2.05, 4.69) is 24.1 Å². The molecule has 1 aromatic rings. The van der Waals surface area contributed by atoms with E-state index in [1.54, 1.807) is 0 Å². The fourth-order valence-corrected chi connectivity index (χ4v) is 1.97. The van der Waals surface area contributed by atoms with E-state index in [0.29, 0.717) is 12.6 Å². The number of anilines is 1. The van der Waals surface area contributed by atoms with E-state index in [4.69, 9.17) is 5.73 Å². The Hall–Kier alpha value is -1.39. The first-order chi connectivity index (χ1) is 8.56. The molecule has 0 aromatic heterocycles. The molecule has 18 heavy (non-hydrogen) atoms. The lowest BCUT2D eigenvalue weighted by atomic mass is 10.2. The van der Waals surface area contributed by atoms with Crippen molar-refractivity contribution in [2.45, 2.75) is 32.9 Å². The molecule has 100 valence electrons. The lowest BCUT2D eigenvalue weighted by Gasteiger charge is -2.31. The summed E-state index contributed by atoms with van der Waals surface area (Å²) in [6, 6.07) is 9.61. The molecule has 0 spiro atoms. The molecule has 1 aromatic carbocycles. The summed E-state index contributed by atoms with van der Waals surface area (Å²) in [5.41, 5.74) is 6.41. The van der Waals surface area contributed by atoms with Gasteiger partial charge >= 0.3 is 0 Å². The van der Waals surface area contributed by atoms with Crippen LogP contribution in [0.5, 0.6) is 0 Å². The second-order valence-electron chi connectivity index (χ2n) is 4.65. The van der Waals surface area contributed by atoms with Crippen molar-refractivity contribution in [3.8, 4) is 0 Å². The number of benzene rings is 1. The fourth-order valence-electron chi connectivity index (χ4n) is 1.97. The molecule has 0 saturated carbocycles. The molecule has 4 nitrogen and oxygen atoms in total. The van der Waals surface area contributed by atoms with E-state index < -0.39 is 0 Å². The van der Waals surface area contributed by atoms with Gasteiger partial charge in [-0.15, -0.1) is 0 Å². The molecular weight excluding hydrogens is 226 g/mol. The molecule has 0 aliphatic carbocycles. The number of hydrogen-bond acceptors (Lipinski definition) is 3. The molecule has 1 atom stereocenters. The molecule has 1 amide bonds. The van der Waals surface area contributed by atoms with Gasteiger partial charge in [-0.25, -0.2) is 0 Å².